The van der Waals surface area contributed by atoms with Crippen molar-refractivity contribution in [1.82, 2.24) is 0 Å². The highest BCUT2D eigenvalue weighted by molar-refractivity contribution is 6.31. The number of anilines is 1. The second-order valence-corrected chi connectivity index (χ2v) is 5.16. The van der Waals surface area contributed by atoms with E-state index in [1.807, 2.05) is 24.3 Å². The summed E-state index contributed by atoms with van der Waals surface area (Å²) in [6.07, 6.45) is 0. The van der Waals surface area contributed by atoms with Crippen molar-refractivity contribution in [1.29, 1.82) is 0 Å². The third-order valence-electron chi connectivity index (χ3n) is 4.09. The smallest absolute Gasteiger partial charge is 0.256 e. The van der Waals surface area contributed by atoms with Gasteiger partial charge in [-0.15, -0.1) is 0 Å². The van der Waals surface area contributed by atoms with E-state index < -0.39 is 0 Å². The second kappa shape index (κ2) is 4.27. The van der Waals surface area contributed by atoms with Crippen molar-refractivity contribution in [2.45, 2.75) is 0 Å². The van der Waals surface area contributed by atoms with E-state index in [1.165, 1.54) is 7.11 Å². The van der Waals surface area contributed by atoms with E-state index in [9.17, 15) is 9.90 Å². The molecule has 1 aliphatic heterocycles. The molecule has 0 unspecified atom stereocenters. The van der Waals surface area contributed by atoms with Crippen LogP contribution in [0, 0.1) is 0 Å². The van der Waals surface area contributed by atoms with Gasteiger partial charge in [0.1, 0.15) is 5.75 Å². The highest BCUT2D eigenvalue weighted by atomic mass is 16.5. The minimum atomic E-state index is -0.201. The van der Waals surface area contributed by atoms with Crippen molar-refractivity contribution in [3.05, 3.63) is 35.9 Å². The van der Waals surface area contributed by atoms with Crippen LogP contribution in [0.1, 0.15) is 10.4 Å². The Balaban J connectivity index is 2.30. The minimum absolute atomic E-state index is 0.0258. The first kappa shape index (κ1) is 12.8. The van der Waals surface area contributed by atoms with Gasteiger partial charge in [0, 0.05) is 16.2 Å². The number of carbonyl (C=O) groups excluding carboxylic acids is 1. The monoisotopic (exact) mass is 295 g/mol. The first-order valence-corrected chi connectivity index (χ1v) is 6.80. The van der Waals surface area contributed by atoms with Gasteiger partial charge in [0.05, 0.1) is 25.5 Å². The summed E-state index contributed by atoms with van der Waals surface area (Å²) in [5.41, 5.74) is 1.18. The van der Waals surface area contributed by atoms with Gasteiger partial charge in [-0.2, -0.15) is 0 Å². The number of hydrogen-bond acceptors (Lipinski definition) is 4. The maximum absolute atomic E-state index is 12.2. The Morgan fingerprint density at radius 2 is 1.77 bits per heavy atom. The average Bonchev–Trinajstić information content (AvgIpc) is 2.84. The quantitative estimate of drug-likeness (QED) is 0.712. The van der Waals surface area contributed by atoms with Gasteiger partial charge in [-0.25, -0.2) is 0 Å². The molecule has 2 N–H and O–H groups in total. The van der Waals surface area contributed by atoms with Gasteiger partial charge < -0.3 is 19.9 Å². The van der Waals surface area contributed by atoms with Crippen molar-refractivity contribution in [2.24, 2.45) is 0 Å². The maximum Gasteiger partial charge on any atom is 0.256 e. The summed E-state index contributed by atoms with van der Waals surface area (Å²) >= 11 is 0. The van der Waals surface area contributed by atoms with Gasteiger partial charge in [0.25, 0.3) is 5.91 Å². The van der Waals surface area contributed by atoms with Crippen molar-refractivity contribution in [3.63, 3.8) is 0 Å². The van der Waals surface area contributed by atoms with E-state index in [1.54, 1.807) is 13.2 Å². The highest BCUT2D eigenvalue weighted by Gasteiger charge is 2.27. The van der Waals surface area contributed by atoms with Crippen LogP contribution >= 0.6 is 0 Å². The Morgan fingerprint density at radius 1 is 1.00 bits per heavy atom. The normalized spacial score (nSPS) is 12.7. The fourth-order valence-corrected chi connectivity index (χ4v) is 3.12. The van der Waals surface area contributed by atoms with Gasteiger partial charge in [-0.3, -0.25) is 4.79 Å². The summed E-state index contributed by atoms with van der Waals surface area (Å²) in [5.74, 6) is 0.784. The molecular formula is C17H13NO4. The predicted octanol–water partition coefficient (Wildman–Crippen LogP) is 3.28. The van der Waals surface area contributed by atoms with Gasteiger partial charge in [0.15, 0.2) is 11.5 Å². The number of fused-ring (bicyclic) bond motifs is 2. The van der Waals surface area contributed by atoms with Crippen LogP contribution < -0.4 is 14.8 Å². The highest BCUT2D eigenvalue weighted by Crippen LogP contribution is 2.48. The molecule has 0 atom stereocenters. The number of hydrogen-bond donors (Lipinski definition) is 2. The number of amides is 1. The lowest BCUT2D eigenvalue weighted by Crippen LogP contribution is -2.04. The van der Waals surface area contributed by atoms with E-state index in [4.69, 9.17) is 9.47 Å². The van der Waals surface area contributed by atoms with Crippen LogP contribution in [0.15, 0.2) is 30.3 Å². The van der Waals surface area contributed by atoms with Crippen molar-refractivity contribution in [2.75, 3.05) is 19.5 Å². The molecule has 1 heterocycles. The van der Waals surface area contributed by atoms with Crippen LogP contribution in [-0.4, -0.2) is 25.2 Å². The second-order valence-electron chi connectivity index (χ2n) is 5.16. The zero-order valence-electron chi connectivity index (χ0n) is 12.1. The number of phenols is 1. The zero-order chi connectivity index (χ0) is 15.4. The zero-order valence-corrected chi connectivity index (χ0v) is 12.1. The van der Waals surface area contributed by atoms with Crippen molar-refractivity contribution in [3.8, 4) is 17.2 Å². The Morgan fingerprint density at radius 3 is 2.50 bits per heavy atom. The summed E-state index contributed by atoms with van der Waals surface area (Å²) in [4.78, 5) is 12.2. The lowest BCUT2D eigenvalue weighted by Gasteiger charge is -2.12. The lowest BCUT2D eigenvalue weighted by molar-refractivity contribution is 0.103. The third kappa shape index (κ3) is 1.45. The number of carbonyl (C=O) groups is 1. The van der Waals surface area contributed by atoms with Gasteiger partial charge in [-0.1, -0.05) is 12.1 Å². The number of methoxy groups -OCH3 is 2. The molecule has 3 aromatic carbocycles. The molecule has 5 heteroatoms. The number of benzene rings is 3. The number of nitrogens with one attached hydrogen (secondary N) is 1. The molecule has 110 valence electrons. The molecule has 1 amide bonds. The molecule has 0 bridgehead atoms. The molecule has 0 radical (unpaired) electrons. The summed E-state index contributed by atoms with van der Waals surface area (Å²) in [5, 5.41) is 16.3. The van der Waals surface area contributed by atoms with Crippen molar-refractivity contribution >= 4 is 33.1 Å². The van der Waals surface area contributed by atoms with Gasteiger partial charge in [0.2, 0.25) is 0 Å². The summed E-state index contributed by atoms with van der Waals surface area (Å²) in [6, 6.07) is 9.02. The molecule has 22 heavy (non-hydrogen) atoms. The fraction of sp³-hybridized carbons (Fsp3) is 0.118. The number of ether oxygens (including phenoxy) is 2. The lowest BCUT2D eigenvalue weighted by atomic mass is 9.97. The van der Waals surface area contributed by atoms with E-state index in [0.29, 0.717) is 27.8 Å². The van der Waals surface area contributed by atoms with Crippen LogP contribution in [0.4, 0.5) is 5.69 Å². The van der Waals surface area contributed by atoms with Gasteiger partial charge in [-0.05, 0) is 23.6 Å². The molecule has 5 nitrogen and oxygen atoms in total. The summed E-state index contributed by atoms with van der Waals surface area (Å²) < 4.78 is 10.6. The van der Waals surface area contributed by atoms with Gasteiger partial charge >= 0.3 is 0 Å². The Bertz CT molecular complexity index is 962. The van der Waals surface area contributed by atoms with Crippen LogP contribution in [0.3, 0.4) is 0 Å². The average molecular weight is 295 g/mol. The maximum atomic E-state index is 12.2. The standard InChI is InChI=1S/C17H13NO4/c1-21-12-5-3-4-8-9(12)6-11-14-10(17(20)18-11)7-13(22-2)16(19)15(8)14/h3-7,19H,1-2H3,(H,18,20). The first-order chi connectivity index (χ1) is 10.7. The van der Waals surface area contributed by atoms with Crippen molar-refractivity contribution < 1.29 is 19.4 Å². The van der Waals surface area contributed by atoms with Crippen LogP contribution in [0.2, 0.25) is 0 Å². The molecular weight excluding hydrogens is 282 g/mol. The topological polar surface area (TPSA) is 67.8 Å². The summed E-state index contributed by atoms with van der Waals surface area (Å²) in [7, 11) is 3.06. The predicted molar refractivity (Wildman–Crippen MR) is 84.2 cm³/mol. The molecule has 0 spiro atoms. The van der Waals surface area contributed by atoms with E-state index in [2.05, 4.69) is 5.32 Å². The Hall–Kier alpha value is -2.95. The fourth-order valence-electron chi connectivity index (χ4n) is 3.12. The van der Waals surface area contributed by atoms with E-state index >= 15 is 0 Å². The largest absolute Gasteiger partial charge is 0.504 e. The van der Waals surface area contributed by atoms with E-state index in [-0.39, 0.29) is 17.4 Å². The molecule has 0 aliphatic carbocycles. The van der Waals surface area contributed by atoms with Crippen LogP contribution in [0.5, 0.6) is 17.2 Å². The number of aromatic hydroxyl groups is 1. The minimum Gasteiger partial charge on any atom is -0.504 e. The SMILES string of the molecule is COc1cc2c3c(cc4c(OC)cccc4c3c1O)NC2=O. The Labute approximate surface area is 126 Å². The molecule has 0 aromatic heterocycles. The Kier molecular flexibility index (Phi) is 2.48. The van der Waals surface area contributed by atoms with E-state index in [0.717, 1.165) is 10.8 Å². The molecule has 0 saturated heterocycles. The summed E-state index contributed by atoms with van der Waals surface area (Å²) in [6.45, 7) is 0. The first-order valence-electron chi connectivity index (χ1n) is 6.80. The van der Waals surface area contributed by atoms with Crippen LogP contribution in [0.25, 0.3) is 21.5 Å². The number of phenolic OH excluding ortho intramolecular Hbond substituents is 1. The molecule has 0 fully saturated rings. The van der Waals surface area contributed by atoms with Crippen LogP contribution in [-0.2, 0) is 0 Å². The molecule has 3 aromatic rings. The molecule has 1 aliphatic rings. The third-order valence-corrected chi connectivity index (χ3v) is 4.09. The molecule has 4 rings (SSSR count). The number of rotatable bonds is 2. The molecule has 0 saturated carbocycles.